The highest BCUT2D eigenvalue weighted by Crippen LogP contribution is 2.42. The Bertz CT molecular complexity index is 902. The summed E-state index contributed by atoms with van der Waals surface area (Å²) in [7, 11) is 0.910. The minimum absolute atomic E-state index is 0.0385. The van der Waals surface area contributed by atoms with Crippen molar-refractivity contribution in [3.8, 4) is 0 Å². The van der Waals surface area contributed by atoms with Crippen molar-refractivity contribution in [2.24, 2.45) is 5.92 Å². The van der Waals surface area contributed by atoms with E-state index in [2.05, 4.69) is 14.7 Å². The number of methoxy groups -OCH3 is 1. The molecule has 0 radical (unpaired) electrons. The molecule has 2 aromatic heterocycles. The third kappa shape index (κ3) is 5.01. The van der Waals surface area contributed by atoms with Gasteiger partial charge in [-0.25, -0.2) is 23.5 Å². The van der Waals surface area contributed by atoms with Gasteiger partial charge in [0, 0.05) is 11.8 Å². The van der Waals surface area contributed by atoms with Crippen LogP contribution in [-0.4, -0.2) is 28.2 Å². The summed E-state index contributed by atoms with van der Waals surface area (Å²) >= 11 is 6.41. The largest absolute Gasteiger partial charge is 0.465 e. The topological polar surface area (TPSA) is 72.3 Å². The second-order valence-corrected chi connectivity index (χ2v) is 8.06. The Morgan fingerprint density at radius 3 is 2.38 bits per heavy atom. The molecular weight excluding hydrogens is 443 g/mol. The van der Waals surface area contributed by atoms with Gasteiger partial charge >= 0.3 is 12.1 Å². The fourth-order valence-electron chi connectivity index (χ4n) is 2.82. The van der Waals surface area contributed by atoms with E-state index >= 15 is 0 Å². The van der Waals surface area contributed by atoms with Crippen molar-refractivity contribution in [1.82, 2.24) is 9.97 Å². The van der Waals surface area contributed by atoms with E-state index < -0.39 is 52.8 Å². The van der Waals surface area contributed by atoms with Gasteiger partial charge in [0.25, 0.3) is 6.43 Å². The van der Waals surface area contributed by atoms with Crippen molar-refractivity contribution in [2.75, 3.05) is 7.11 Å². The van der Waals surface area contributed by atoms with Crippen LogP contribution in [0.4, 0.5) is 22.0 Å². The summed E-state index contributed by atoms with van der Waals surface area (Å²) in [6.45, 7) is 3.24. The Labute approximate surface area is 171 Å². The van der Waals surface area contributed by atoms with E-state index in [-0.39, 0.29) is 21.7 Å². The number of aliphatic hydroxyl groups excluding tert-OH is 1. The molecule has 0 fully saturated rings. The van der Waals surface area contributed by atoms with Gasteiger partial charge < -0.3 is 9.84 Å². The first-order chi connectivity index (χ1) is 13.4. The van der Waals surface area contributed by atoms with Crippen molar-refractivity contribution < 1.29 is 36.6 Å². The molecule has 0 spiro atoms. The molecule has 2 heterocycles. The lowest BCUT2D eigenvalue weighted by atomic mass is 9.88. The lowest BCUT2D eigenvalue weighted by Crippen LogP contribution is -2.24. The predicted octanol–water partition coefficient (Wildman–Crippen LogP) is 5.21. The van der Waals surface area contributed by atoms with Crippen LogP contribution in [0.5, 0.6) is 0 Å². The molecule has 12 heteroatoms. The van der Waals surface area contributed by atoms with Crippen LogP contribution >= 0.6 is 22.9 Å². The predicted molar refractivity (Wildman–Crippen MR) is 95.3 cm³/mol. The zero-order valence-corrected chi connectivity index (χ0v) is 16.9. The van der Waals surface area contributed by atoms with Crippen LogP contribution in [-0.2, 0) is 17.3 Å². The highest BCUT2D eigenvalue weighted by Gasteiger charge is 2.43. The van der Waals surface area contributed by atoms with Crippen molar-refractivity contribution in [3.63, 3.8) is 0 Å². The van der Waals surface area contributed by atoms with E-state index in [1.807, 2.05) is 0 Å². The lowest BCUT2D eigenvalue weighted by molar-refractivity contribution is -0.143. The average Bonchev–Trinajstić information content (AvgIpc) is 3.04. The Balaban J connectivity index is 2.97. The molecule has 1 N–H and O–H groups in total. The average molecular weight is 459 g/mol. The third-order valence-electron chi connectivity index (χ3n) is 3.89. The number of pyridine rings is 1. The number of aliphatic hydroxyl groups is 1. The SMILES string of the molecule is COC(=O)c1c(C(F)F)nc(C(F)(F)F)c(C(O)c2cnc(Cl)s2)c1CC(C)C. The Morgan fingerprint density at radius 2 is 1.97 bits per heavy atom. The molecule has 0 aliphatic carbocycles. The van der Waals surface area contributed by atoms with Gasteiger partial charge in [-0.1, -0.05) is 25.4 Å². The van der Waals surface area contributed by atoms with E-state index in [0.717, 1.165) is 13.3 Å². The first-order valence-electron chi connectivity index (χ1n) is 8.18. The number of carbonyl (C=O) groups excluding carboxylic acids is 1. The summed E-state index contributed by atoms with van der Waals surface area (Å²) in [5.41, 5.74) is -5.03. The van der Waals surface area contributed by atoms with Gasteiger partial charge in [0.05, 0.1) is 17.6 Å². The summed E-state index contributed by atoms with van der Waals surface area (Å²) in [4.78, 5) is 18.9. The smallest absolute Gasteiger partial charge is 0.433 e. The molecule has 5 nitrogen and oxygen atoms in total. The molecular formula is C17H16ClF5N2O3S. The zero-order chi connectivity index (χ0) is 22.1. The molecule has 0 saturated heterocycles. The van der Waals surface area contributed by atoms with Crippen LogP contribution in [0, 0.1) is 5.92 Å². The second-order valence-electron chi connectivity index (χ2n) is 6.42. The quantitative estimate of drug-likeness (QED) is 0.475. The number of nitrogens with zero attached hydrogens (tertiary/aromatic N) is 2. The van der Waals surface area contributed by atoms with Gasteiger partial charge in [0.1, 0.15) is 11.8 Å². The van der Waals surface area contributed by atoms with Gasteiger partial charge in [0.15, 0.2) is 10.2 Å². The van der Waals surface area contributed by atoms with Crippen LogP contribution in [0.2, 0.25) is 4.47 Å². The number of rotatable bonds is 6. The van der Waals surface area contributed by atoms with E-state index in [9.17, 15) is 31.9 Å². The minimum atomic E-state index is -5.17. The van der Waals surface area contributed by atoms with E-state index in [0.29, 0.717) is 11.3 Å². The number of esters is 1. The summed E-state index contributed by atoms with van der Waals surface area (Å²) in [5, 5.41) is 10.7. The first kappa shape index (κ1) is 23.4. The molecule has 1 unspecified atom stereocenters. The van der Waals surface area contributed by atoms with Crippen molar-refractivity contribution in [2.45, 2.75) is 39.0 Å². The number of alkyl halides is 5. The van der Waals surface area contributed by atoms with Crippen LogP contribution < -0.4 is 0 Å². The number of ether oxygens (including phenoxy) is 1. The van der Waals surface area contributed by atoms with Crippen LogP contribution in [0.15, 0.2) is 6.20 Å². The summed E-state index contributed by atoms with van der Waals surface area (Å²) < 4.78 is 72.8. The molecule has 1 atom stereocenters. The molecule has 0 amide bonds. The monoisotopic (exact) mass is 458 g/mol. The number of hydrogen-bond donors (Lipinski definition) is 1. The Kier molecular flexibility index (Phi) is 7.18. The van der Waals surface area contributed by atoms with E-state index in [1.54, 1.807) is 13.8 Å². The highest BCUT2D eigenvalue weighted by molar-refractivity contribution is 7.15. The normalized spacial score (nSPS) is 13.2. The maximum absolute atomic E-state index is 13.7. The number of aromatic nitrogens is 2. The van der Waals surface area contributed by atoms with Gasteiger partial charge in [-0.3, -0.25) is 0 Å². The minimum Gasteiger partial charge on any atom is -0.465 e. The molecule has 0 aliphatic rings. The second kappa shape index (κ2) is 8.88. The van der Waals surface area contributed by atoms with Crippen LogP contribution in [0.3, 0.4) is 0 Å². The third-order valence-corrected chi connectivity index (χ3v) is 5.05. The van der Waals surface area contributed by atoms with Crippen molar-refractivity contribution in [3.05, 3.63) is 43.6 Å². The maximum Gasteiger partial charge on any atom is 0.433 e. The maximum atomic E-state index is 13.7. The van der Waals surface area contributed by atoms with E-state index in [4.69, 9.17) is 11.6 Å². The Hall–Kier alpha value is -1.85. The van der Waals surface area contributed by atoms with Crippen LogP contribution in [0.1, 0.15) is 64.1 Å². The van der Waals surface area contributed by atoms with Crippen molar-refractivity contribution >= 4 is 28.9 Å². The molecule has 2 rings (SSSR count). The fourth-order valence-corrected chi connectivity index (χ4v) is 3.77. The summed E-state index contributed by atoms with van der Waals surface area (Å²) in [6, 6.07) is 0. The van der Waals surface area contributed by atoms with Gasteiger partial charge in [-0.15, -0.1) is 11.3 Å². The molecule has 160 valence electrons. The fraction of sp³-hybridized carbons (Fsp3) is 0.471. The first-order valence-corrected chi connectivity index (χ1v) is 9.37. The number of hydrogen-bond acceptors (Lipinski definition) is 6. The molecule has 0 aromatic carbocycles. The molecule has 2 aromatic rings. The number of thiazole rings is 1. The lowest BCUT2D eigenvalue weighted by Gasteiger charge is -2.24. The zero-order valence-electron chi connectivity index (χ0n) is 15.4. The Morgan fingerprint density at radius 1 is 1.34 bits per heavy atom. The van der Waals surface area contributed by atoms with E-state index in [1.165, 1.54) is 0 Å². The van der Waals surface area contributed by atoms with Crippen molar-refractivity contribution in [1.29, 1.82) is 0 Å². The summed E-state index contributed by atoms with van der Waals surface area (Å²) in [5.74, 6) is -1.61. The molecule has 0 aliphatic heterocycles. The highest BCUT2D eigenvalue weighted by atomic mass is 35.5. The standard InChI is InChI=1S/C17H16ClF5N2O3S/c1-6(2)4-7-9(15(27)28-3)11(14(19)20)25-13(17(21,22)23)10(7)12(26)8-5-24-16(18)29-8/h5-6,12,14,26H,4H2,1-3H3. The van der Waals surface area contributed by atoms with Gasteiger partial charge in [0.2, 0.25) is 0 Å². The summed E-state index contributed by atoms with van der Waals surface area (Å²) in [6.07, 6.45) is -9.73. The molecule has 0 bridgehead atoms. The van der Waals surface area contributed by atoms with Gasteiger partial charge in [-0.2, -0.15) is 13.2 Å². The molecule has 29 heavy (non-hydrogen) atoms. The number of carbonyl (C=O) groups is 1. The molecule has 0 saturated carbocycles. The number of halogens is 6. The van der Waals surface area contributed by atoms with Gasteiger partial charge in [-0.05, 0) is 17.9 Å². The van der Waals surface area contributed by atoms with Crippen LogP contribution in [0.25, 0.3) is 0 Å².